The predicted octanol–water partition coefficient (Wildman–Crippen LogP) is 2.68. The van der Waals surface area contributed by atoms with E-state index in [0.717, 1.165) is 24.0 Å². The molecule has 1 saturated heterocycles. The van der Waals surface area contributed by atoms with Crippen molar-refractivity contribution in [1.82, 2.24) is 9.80 Å². The number of amides is 2. The summed E-state index contributed by atoms with van der Waals surface area (Å²) < 4.78 is 19.0. The number of piperazine rings is 1. The fourth-order valence-corrected chi connectivity index (χ4v) is 4.57. The van der Waals surface area contributed by atoms with E-state index >= 15 is 0 Å². The average molecular weight is 559 g/mol. The lowest BCUT2D eigenvalue weighted by Gasteiger charge is -2.35. The third-order valence-corrected chi connectivity index (χ3v) is 6.74. The van der Waals surface area contributed by atoms with E-state index < -0.39 is 5.82 Å². The molecular formula is C24H24BFIN3O3. The molecule has 33 heavy (non-hydrogen) atoms. The topological polar surface area (TPSA) is 70.1 Å². The van der Waals surface area contributed by atoms with E-state index in [4.69, 9.17) is 0 Å². The summed E-state index contributed by atoms with van der Waals surface area (Å²) in [6.45, 7) is 1.76. The van der Waals surface area contributed by atoms with Gasteiger partial charge in [-0.05, 0) is 30.5 Å². The van der Waals surface area contributed by atoms with Gasteiger partial charge < -0.3 is 14.6 Å². The van der Waals surface area contributed by atoms with Gasteiger partial charge in [0.05, 0.1) is 34.1 Å². The maximum absolute atomic E-state index is 14.6. The standard InChI is InChI=1S/C24H24BFIN3O3/c25-22(31)18-4-2-1-3-17(18)21(28-27)14-15-5-8-20(26)19(13-15)24(33)30-11-9-29(10-12-30)23(32)16-6-7-16/h1-5,8,13,16H,6-7,9-12,14,25H2. The van der Waals surface area contributed by atoms with Crippen LogP contribution in [-0.4, -0.2) is 67.0 Å². The van der Waals surface area contributed by atoms with Crippen LogP contribution >= 0.6 is 22.9 Å². The maximum atomic E-state index is 14.6. The molecule has 1 heterocycles. The van der Waals surface area contributed by atoms with Gasteiger partial charge in [-0.15, -0.1) is 0 Å². The molecule has 4 rings (SSSR count). The van der Waals surface area contributed by atoms with Gasteiger partial charge in [0.2, 0.25) is 5.91 Å². The molecule has 0 bridgehead atoms. The largest absolute Gasteiger partial charge is 0.339 e. The molecule has 0 spiro atoms. The number of hydrogen-bond donors (Lipinski definition) is 0. The summed E-state index contributed by atoms with van der Waals surface area (Å²) in [5, 5.41) is 0. The van der Waals surface area contributed by atoms with Crippen LogP contribution < -0.4 is 0 Å². The Morgan fingerprint density at radius 1 is 0.970 bits per heavy atom. The molecule has 2 aliphatic rings. The summed E-state index contributed by atoms with van der Waals surface area (Å²) in [5.41, 5.74) is 2.67. The zero-order valence-corrected chi connectivity index (χ0v) is 20.5. The average Bonchev–Trinajstić information content (AvgIpc) is 3.68. The molecule has 2 aromatic rings. The zero-order valence-electron chi connectivity index (χ0n) is 18.4. The number of hydrogen-bond acceptors (Lipinski definition) is 4. The Balaban J connectivity index is 1.49. The molecule has 0 atom stereocenters. The van der Waals surface area contributed by atoms with Crippen molar-refractivity contribution in [3.63, 3.8) is 0 Å². The molecule has 0 aromatic heterocycles. The van der Waals surface area contributed by atoms with Crippen LogP contribution in [-0.2, 0) is 11.2 Å². The number of benzene rings is 2. The summed E-state index contributed by atoms with van der Waals surface area (Å²) >= 11 is 1.90. The van der Waals surface area contributed by atoms with Crippen molar-refractivity contribution in [2.24, 2.45) is 9.12 Å². The Hall–Kier alpha value is -2.56. The second kappa shape index (κ2) is 10.2. The summed E-state index contributed by atoms with van der Waals surface area (Å²) in [5.74, 6) is -0.614. The SMILES string of the molecule is BC(=O)c1ccccc1C(Cc1ccc(F)c(C(=O)N2CCN(C(=O)C3CC3)CC2)c1)=NI. The normalized spacial score (nSPS) is 16.6. The lowest BCUT2D eigenvalue weighted by Crippen LogP contribution is -2.51. The van der Waals surface area contributed by atoms with E-state index in [1.807, 2.05) is 39.9 Å². The Labute approximate surface area is 207 Å². The molecule has 9 heteroatoms. The van der Waals surface area contributed by atoms with Gasteiger partial charge in [-0.1, -0.05) is 30.3 Å². The molecule has 170 valence electrons. The fraction of sp³-hybridized carbons (Fsp3) is 0.333. The van der Waals surface area contributed by atoms with Crippen molar-refractivity contribution in [3.05, 3.63) is 70.5 Å². The third kappa shape index (κ3) is 5.34. The first kappa shape index (κ1) is 23.6. The first-order chi connectivity index (χ1) is 15.9. The fourth-order valence-electron chi connectivity index (χ4n) is 4.14. The van der Waals surface area contributed by atoms with Crippen molar-refractivity contribution in [3.8, 4) is 0 Å². The van der Waals surface area contributed by atoms with Gasteiger partial charge in [0, 0.05) is 49.6 Å². The molecule has 6 nitrogen and oxygen atoms in total. The van der Waals surface area contributed by atoms with Gasteiger partial charge in [-0.3, -0.25) is 9.59 Å². The highest BCUT2D eigenvalue weighted by Gasteiger charge is 2.35. The molecule has 2 fully saturated rings. The van der Waals surface area contributed by atoms with E-state index in [1.54, 1.807) is 29.2 Å². The molecule has 2 aromatic carbocycles. The highest BCUT2D eigenvalue weighted by atomic mass is 127. The van der Waals surface area contributed by atoms with Crippen molar-refractivity contribution >= 4 is 53.9 Å². The van der Waals surface area contributed by atoms with Crippen LogP contribution in [0, 0.1) is 11.7 Å². The van der Waals surface area contributed by atoms with Crippen LogP contribution in [0.5, 0.6) is 0 Å². The Kier molecular flexibility index (Phi) is 7.26. The molecule has 0 N–H and O–H groups in total. The highest BCUT2D eigenvalue weighted by Crippen LogP contribution is 2.31. The van der Waals surface area contributed by atoms with Crippen LogP contribution in [0.25, 0.3) is 0 Å². The summed E-state index contributed by atoms with van der Waals surface area (Å²) in [4.78, 5) is 40.8. The molecule has 0 radical (unpaired) electrons. The Morgan fingerprint density at radius 2 is 1.61 bits per heavy atom. The number of nitrogens with zero attached hydrogens (tertiary/aromatic N) is 3. The summed E-state index contributed by atoms with van der Waals surface area (Å²) in [7, 11) is 1.51. The van der Waals surface area contributed by atoms with Gasteiger partial charge in [-0.25, -0.2) is 7.60 Å². The first-order valence-corrected chi connectivity index (χ1v) is 12.0. The van der Waals surface area contributed by atoms with Crippen molar-refractivity contribution in [2.75, 3.05) is 26.2 Å². The van der Waals surface area contributed by atoms with E-state index in [2.05, 4.69) is 3.21 Å². The van der Waals surface area contributed by atoms with Gasteiger partial charge in [-0.2, -0.15) is 0 Å². The zero-order chi connectivity index (χ0) is 23.5. The lowest BCUT2D eigenvalue weighted by molar-refractivity contribution is -0.134. The van der Waals surface area contributed by atoms with E-state index in [1.165, 1.54) is 13.9 Å². The summed E-state index contributed by atoms with van der Waals surface area (Å²) in [6, 6.07) is 11.7. The van der Waals surface area contributed by atoms with Crippen LogP contribution in [0.2, 0.25) is 0 Å². The minimum Gasteiger partial charge on any atom is -0.339 e. The quantitative estimate of drug-likeness (QED) is 0.311. The van der Waals surface area contributed by atoms with Gasteiger partial charge in [0.25, 0.3) is 5.91 Å². The Morgan fingerprint density at radius 3 is 2.21 bits per heavy atom. The number of carbonyl (C=O) groups is 3. The highest BCUT2D eigenvalue weighted by molar-refractivity contribution is 14.1. The number of rotatable bonds is 6. The third-order valence-electron chi connectivity index (χ3n) is 6.16. The minimum absolute atomic E-state index is 0.0159. The second-order valence-electron chi connectivity index (χ2n) is 8.52. The smallest absolute Gasteiger partial charge is 0.256 e. The van der Waals surface area contributed by atoms with Gasteiger partial charge in [0.15, 0.2) is 7.85 Å². The molecule has 1 aliphatic heterocycles. The van der Waals surface area contributed by atoms with E-state index in [0.29, 0.717) is 43.9 Å². The van der Waals surface area contributed by atoms with Crippen LogP contribution in [0.3, 0.4) is 0 Å². The monoisotopic (exact) mass is 559 g/mol. The molecular weight excluding hydrogens is 535 g/mol. The van der Waals surface area contributed by atoms with E-state index in [-0.39, 0.29) is 29.0 Å². The lowest BCUT2D eigenvalue weighted by atomic mass is 9.88. The van der Waals surface area contributed by atoms with E-state index in [9.17, 15) is 18.8 Å². The Bertz CT molecular complexity index is 1130. The van der Waals surface area contributed by atoms with Gasteiger partial charge in [0.1, 0.15) is 11.5 Å². The molecule has 0 unspecified atom stereocenters. The summed E-state index contributed by atoms with van der Waals surface area (Å²) in [6.07, 6.45) is 2.27. The molecule has 1 aliphatic carbocycles. The van der Waals surface area contributed by atoms with Crippen molar-refractivity contribution < 1.29 is 18.8 Å². The number of carbonyl (C=O) groups excluding carboxylic acids is 3. The van der Waals surface area contributed by atoms with Crippen molar-refractivity contribution in [2.45, 2.75) is 19.3 Å². The van der Waals surface area contributed by atoms with Crippen molar-refractivity contribution in [1.29, 1.82) is 0 Å². The second-order valence-corrected chi connectivity index (χ2v) is 9.00. The van der Waals surface area contributed by atoms with Crippen LogP contribution in [0.15, 0.2) is 45.7 Å². The van der Waals surface area contributed by atoms with Crippen LogP contribution in [0.4, 0.5) is 4.39 Å². The molecule has 2 amide bonds. The maximum Gasteiger partial charge on any atom is 0.256 e. The van der Waals surface area contributed by atoms with Gasteiger partial charge >= 0.3 is 0 Å². The molecule has 1 saturated carbocycles. The first-order valence-electron chi connectivity index (χ1n) is 11.0. The number of halogens is 2. The van der Waals surface area contributed by atoms with Crippen LogP contribution in [0.1, 0.15) is 44.7 Å². The predicted molar refractivity (Wildman–Crippen MR) is 135 cm³/mol. The minimum atomic E-state index is -0.572.